The summed E-state index contributed by atoms with van der Waals surface area (Å²) in [5, 5.41) is 3.19. The van der Waals surface area contributed by atoms with Crippen LogP contribution in [-0.4, -0.2) is 40.6 Å². The van der Waals surface area contributed by atoms with Crippen LogP contribution in [0.4, 0.5) is 4.39 Å². The van der Waals surface area contributed by atoms with Gasteiger partial charge < -0.3 is 19.5 Å². The van der Waals surface area contributed by atoms with Crippen LogP contribution in [-0.2, 0) is 16.0 Å². The first kappa shape index (κ1) is 16.9. The second kappa shape index (κ2) is 10.6. The molecule has 0 fully saturated rings. The van der Waals surface area contributed by atoms with Gasteiger partial charge in [-0.25, -0.2) is 4.39 Å². The van der Waals surface area contributed by atoms with Gasteiger partial charge in [0.15, 0.2) is 11.6 Å². The first-order chi connectivity index (χ1) is 9.79. The van der Waals surface area contributed by atoms with Gasteiger partial charge in [0.05, 0.1) is 13.2 Å². The molecule has 0 aromatic heterocycles. The number of nitrogens with one attached hydrogen (secondary N) is 1. The Balaban J connectivity index is 2.45. The van der Waals surface area contributed by atoms with Gasteiger partial charge in [0, 0.05) is 39.5 Å². The Morgan fingerprint density at radius 3 is 2.55 bits per heavy atom. The van der Waals surface area contributed by atoms with Gasteiger partial charge in [-0.3, -0.25) is 0 Å². The van der Waals surface area contributed by atoms with E-state index >= 15 is 0 Å². The van der Waals surface area contributed by atoms with Gasteiger partial charge in [0.2, 0.25) is 0 Å². The third-order valence-corrected chi connectivity index (χ3v) is 2.84. The smallest absolute Gasteiger partial charge is 0.165 e. The van der Waals surface area contributed by atoms with Crippen molar-refractivity contribution in [2.45, 2.75) is 19.4 Å². The maximum absolute atomic E-state index is 13.8. The van der Waals surface area contributed by atoms with Gasteiger partial charge in [0.1, 0.15) is 0 Å². The SMILES string of the molecule is COCCCCOc1c(F)cccc1CNCCOC. The molecule has 0 saturated carbocycles. The van der Waals surface area contributed by atoms with Gasteiger partial charge in [0.25, 0.3) is 0 Å². The lowest BCUT2D eigenvalue weighted by atomic mass is 10.2. The predicted molar refractivity (Wildman–Crippen MR) is 76.6 cm³/mol. The summed E-state index contributed by atoms with van der Waals surface area (Å²) in [6, 6.07) is 4.98. The Hall–Kier alpha value is -1.17. The summed E-state index contributed by atoms with van der Waals surface area (Å²) in [5.41, 5.74) is 0.827. The van der Waals surface area contributed by atoms with E-state index in [1.54, 1.807) is 20.3 Å². The van der Waals surface area contributed by atoms with E-state index in [2.05, 4.69) is 5.32 Å². The first-order valence-electron chi connectivity index (χ1n) is 6.88. The number of hydrogen-bond acceptors (Lipinski definition) is 4. The highest BCUT2D eigenvalue weighted by Gasteiger charge is 2.09. The Labute approximate surface area is 120 Å². The topological polar surface area (TPSA) is 39.7 Å². The van der Waals surface area contributed by atoms with Crippen molar-refractivity contribution in [1.29, 1.82) is 0 Å². The molecule has 1 rings (SSSR count). The molecule has 0 saturated heterocycles. The zero-order valence-corrected chi connectivity index (χ0v) is 12.3. The van der Waals surface area contributed by atoms with Crippen molar-refractivity contribution in [3.05, 3.63) is 29.6 Å². The molecule has 5 heteroatoms. The number of rotatable bonds is 11. The highest BCUT2D eigenvalue weighted by molar-refractivity contribution is 5.34. The Kier molecular flexibility index (Phi) is 8.95. The van der Waals surface area contributed by atoms with Crippen LogP contribution in [0.25, 0.3) is 0 Å². The highest BCUT2D eigenvalue weighted by atomic mass is 19.1. The van der Waals surface area contributed by atoms with Gasteiger partial charge in [-0.2, -0.15) is 0 Å². The van der Waals surface area contributed by atoms with Crippen molar-refractivity contribution in [3.8, 4) is 5.75 Å². The van der Waals surface area contributed by atoms with E-state index in [9.17, 15) is 4.39 Å². The molecule has 4 nitrogen and oxygen atoms in total. The molecule has 0 heterocycles. The number of benzene rings is 1. The number of unbranched alkanes of at least 4 members (excludes halogenated alkanes) is 1. The molecule has 1 aromatic carbocycles. The summed E-state index contributed by atoms with van der Waals surface area (Å²) in [6.45, 7) is 3.11. The maximum Gasteiger partial charge on any atom is 0.165 e. The van der Waals surface area contributed by atoms with Crippen LogP contribution < -0.4 is 10.1 Å². The lowest BCUT2D eigenvalue weighted by molar-refractivity contribution is 0.183. The zero-order valence-electron chi connectivity index (χ0n) is 12.3. The molecule has 0 aliphatic rings. The van der Waals surface area contributed by atoms with E-state index < -0.39 is 0 Å². The Bertz CT molecular complexity index is 374. The summed E-state index contributed by atoms with van der Waals surface area (Å²) in [4.78, 5) is 0. The molecule has 0 radical (unpaired) electrons. The van der Waals surface area contributed by atoms with E-state index in [-0.39, 0.29) is 5.82 Å². The summed E-state index contributed by atoms with van der Waals surface area (Å²) < 4.78 is 29.3. The lowest BCUT2D eigenvalue weighted by Crippen LogP contribution is -2.19. The second-order valence-electron chi connectivity index (χ2n) is 4.45. The van der Waals surface area contributed by atoms with E-state index in [0.717, 1.165) is 24.9 Å². The quantitative estimate of drug-likeness (QED) is 0.634. The average molecular weight is 285 g/mol. The minimum atomic E-state index is -0.317. The number of para-hydroxylation sites is 1. The normalized spacial score (nSPS) is 10.8. The molecule has 0 aliphatic heterocycles. The van der Waals surface area contributed by atoms with Gasteiger partial charge in [-0.15, -0.1) is 0 Å². The Morgan fingerprint density at radius 2 is 1.80 bits per heavy atom. The number of halogens is 1. The summed E-state index contributed by atoms with van der Waals surface area (Å²) in [7, 11) is 3.32. The molecule has 0 aliphatic carbocycles. The first-order valence-corrected chi connectivity index (χ1v) is 6.88. The van der Waals surface area contributed by atoms with E-state index in [0.29, 0.717) is 32.1 Å². The standard InChI is InChI=1S/C15H24FNO3/c1-18-9-3-4-10-20-15-13(6-5-7-14(15)16)12-17-8-11-19-2/h5-7,17H,3-4,8-12H2,1-2H3. The van der Waals surface area contributed by atoms with Crippen LogP contribution in [0.2, 0.25) is 0 Å². The van der Waals surface area contributed by atoms with Crippen LogP contribution >= 0.6 is 0 Å². The van der Waals surface area contributed by atoms with Crippen molar-refractivity contribution < 1.29 is 18.6 Å². The molecule has 0 atom stereocenters. The number of ether oxygens (including phenoxy) is 3. The molecule has 0 bridgehead atoms. The van der Waals surface area contributed by atoms with Crippen LogP contribution in [0, 0.1) is 5.82 Å². The van der Waals surface area contributed by atoms with Gasteiger partial charge in [-0.1, -0.05) is 12.1 Å². The van der Waals surface area contributed by atoms with Gasteiger partial charge >= 0.3 is 0 Å². The highest BCUT2D eigenvalue weighted by Crippen LogP contribution is 2.22. The van der Waals surface area contributed by atoms with Crippen LogP contribution in [0.3, 0.4) is 0 Å². The molecule has 0 spiro atoms. The van der Waals surface area contributed by atoms with Crippen molar-refractivity contribution in [3.63, 3.8) is 0 Å². The largest absolute Gasteiger partial charge is 0.490 e. The fourth-order valence-electron chi connectivity index (χ4n) is 1.77. The average Bonchev–Trinajstić information content (AvgIpc) is 2.45. The van der Waals surface area contributed by atoms with Crippen LogP contribution in [0.1, 0.15) is 18.4 Å². The van der Waals surface area contributed by atoms with Crippen molar-refractivity contribution in [2.24, 2.45) is 0 Å². The summed E-state index contributed by atoms with van der Waals surface area (Å²) in [6.07, 6.45) is 1.76. The number of hydrogen-bond donors (Lipinski definition) is 1. The second-order valence-corrected chi connectivity index (χ2v) is 4.45. The fraction of sp³-hybridized carbons (Fsp3) is 0.600. The molecule has 0 unspecified atom stereocenters. The van der Waals surface area contributed by atoms with Crippen molar-refractivity contribution >= 4 is 0 Å². The molecule has 114 valence electrons. The molecule has 1 N–H and O–H groups in total. The van der Waals surface area contributed by atoms with Crippen LogP contribution in [0.5, 0.6) is 5.75 Å². The third-order valence-electron chi connectivity index (χ3n) is 2.84. The predicted octanol–water partition coefficient (Wildman–Crippen LogP) is 2.37. The molecule has 1 aromatic rings. The van der Waals surface area contributed by atoms with Crippen molar-refractivity contribution in [1.82, 2.24) is 5.32 Å². The molecule has 20 heavy (non-hydrogen) atoms. The molecule has 0 amide bonds. The fourth-order valence-corrected chi connectivity index (χ4v) is 1.77. The Morgan fingerprint density at radius 1 is 1.05 bits per heavy atom. The number of methoxy groups -OCH3 is 2. The van der Waals surface area contributed by atoms with Crippen LogP contribution in [0.15, 0.2) is 18.2 Å². The molecular weight excluding hydrogens is 261 g/mol. The summed E-state index contributed by atoms with van der Waals surface area (Å²) in [5.74, 6) is 0.0256. The monoisotopic (exact) mass is 285 g/mol. The summed E-state index contributed by atoms with van der Waals surface area (Å²) >= 11 is 0. The van der Waals surface area contributed by atoms with E-state index in [1.807, 2.05) is 6.07 Å². The molecular formula is C15H24FNO3. The maximum atomic E-state index is 13.8. The minimum Gasteiger partial charge on any atom is -0.490 e. The van der Waals surface area contributed by atoms with Crippen molar-refractivity contribution in [2.75, 3.05) is 40.6 Å². The van der Waals surface area contributed by atoms with Gasteiger partial charge in [-0.05, 0) is 18.9 Å². The third kappa shape index (κ3) is 6.32. The zero-order chi connectivity index (χ0) is 14.6. The minimum absolute atomic E-state index is 0.317. The van der Waals surface area contributed by atoms with E-state index in [1.165, 1.54) is 6.07 Å². The lowest BCUT2D eigenvalue weighted by Gasteiger charge is -2.13. The van der Waals surface area contributed by atoms with E-state index in [4.69, 9.17) is 14.2 Å².